The average molecular weight is 249 g/mol. The zero-order chi connectivity index (χ0) is 13.3. The minimum Gasteiger partial charge on any atom is -0.504 e. The van der Waals surface area contributed by atoms with Crippen LogP contribution in [-0.4, -0.2) is 22.2 Å². The van der Waals surface area contributed by atoms with Crippen LogP contribution in [0.4, 0.5) is 0 Å². The second-order valence-electron chi connectivity index (χ2n) is 5.61. The molecule has 1 aromatic carbocycles. The number of rotatable bonds is 2. The van der Waals surface area contributed by atoms with E-state index in [0.717, 1.165) is 19.3 Å². The van der Waals surface area contributed by atoms with Crippen LogP contribution >= 0.6 is 0 Å². The van der Waals surface area contributed by atoms with E-state index >= 15 is 0 Å². The van der Waals surface area contributed by atoms with Crippen molar-refractivity contribution in [2.24, 2.45) is 5.41 Å². The number of phenols is 2. The largest absolute Gasteiger partial charge is 0.504 e. The second kappa shape index (κ2) is 4.52. The molecule has 1 unspecified atom stereocenters. The molecule has 0 aromatic heterocycles. The molecule has 1 amide bonds. The lowest BCUT2D eigenvalue weighted by molar-refractivity contribution is 0.0909. The van der Waals surface area contributed by atoms with Crippen LogP contribution in [0.3, 0.4) is 0 Å². The highest BCUT2D eigenvalue weighted by Crippen LogP contribution is 2.37. The summed E-state index contributed by atoms with van der Waals surface area (Å²) in [5.41, 5.74) is 0.488. The number of hydrogen-bond acceptors (Lipinski definition) is 3. The van der Waals surface area contributed by atoms with Gasteiger partial charge in [-0.15, -0.1) is 0 Å². The van der Waals surface area contributed by atoms with Gasteiger partial charge in [-0.1, -0.05) is 20.3 Å². The molecule has 18 heavy (non-hydrogen) atoms. The molecule has 2 rings (SSSR count). The van der Waals surface area contributed by atoms with E-state index in [1.54, 1.807) is 0 Å². The van der Waals surface area contributed by atoms with Crippen molar-refractivity contribution < 1.29 is 15.0 Å². The molecule has 1 aliphatic carbocycles. The maximum absolute atomic E-state index is 12.0. The molecule has 0 bridgehead atoms. The van der Waals surface area contributed by atoms with E-state index in [0.29, 0.717) is 5.56 Å². The highest BCUT2D eigenvalue weighted by molar-refractivity contribution is 5.95. The van der Waals surface area contributed by atoms with Gasteiger partial charge >= 0.3 is 0 Å². The highest BCUT2D eigenvalue weighted by atomic mass is 16.3. The van der Waals surface area contributed by atoms with E-state index in [9.17, 15) is 15.0 Å². The summed E-state index contributed by atoms with van der Waals surface area (Å²) < 4.78 is 0. The third-order valence-electron chi connectivity index (χ3n) is 3.80. The molecule has 3 N–H and O–H groups in total. The van der Waals surface area contributed by atoms with Gasteiger partial charge in [0, 0.05) is 11.6 Å². The molecular weight excluding hydrogens is 230 g/mol. The first-order valence-electron chi connectivity index (χ1n) is 6.23. The molecule has 4 heteroatoms. The summed E-state index contributed by atoms with van der Waals surface area (Å²) in [4.78, 5) is 12.0. The van der Waals surface area contributed by atoms with Crippen LogP contribution in [0, 0.1) is 5.41 Å². The molecule has 1 aromatic rings. The Morgan fingerprint density at radius 1 is 1.33 bits per heavy atom. The fraction of sp³-hybridized carbons (Fsp3) is 0.500. The van der Waals surface area contributed by atoms with Crippen molar-refractivity contribution in [2.75, 3.05) is 0 Å². The first kappa shape index (κ1) is 12.7. The smallest absolute Gasteiger partial charge is 0.251 e. The van der Waals surface area contributed by atoms with Crippen LogP contribution in [0.25, 0.3) is 0 Å². The van der Waals surface area contributed by atoms with Gasteiger partial charge in [-0.3, -0.25) is 4.79 Å². The number of carbonyl (C=O) groups excluding carboxylic acids is 1. The number of phenolic OH excluding ortho intramolecular Hbond substituents is 2. The third-order valence-corrected chi connectivity index (χ3v) is 3.80. The second-order valence-corrected chi connectivity index (χ2v) is 5.61. The van der Waals surface area contributed by atoms with Crippen molar-refractivity contribution in [1.29, 1.82) is 0 Å². The number of aromatic hydroxyl groups is 2. The SMILES string of the molecule is CC1(C)CCCC1NC(=O)c1ccc(O)c(O)c1. The molecule has 98 valence electrons. The molecule has 0 heterocycles. The monoisotopic (exact) mass is 249 g/mol. The summed E-state index contributed by atoms with van der Waals surface area (Å²) in [5.74, 6) is -0.689. The zero-order valence-corrected chi connectivity index (χ0v) is 10.7. The maximum Gasteiger partial charge on any atom is 0.251 e. The predicted octanol–water partition coefficient (Wildman–Crippen LogP) is 2.41. The summed E-state index contributed by atoms with van der Waals surface area (Å²) in [6, 6.07) is 4.28. The van der Waals surface area contributed by atoms with Gasteiger partial charge in [-0.05, 0) is 36.5 Å². The molecule has 0 saturated heterocycles. The van der Waals surface area contributed by atoms with E-state index in [1.165, 1.54) is 18.2 Å². The van der Waals surface area contributed by atoms with E-state index in [1.807, 2.05) is 0 Å². The minimum absolute atomic E-state index is 0.120. The van der Waals surface area contributed by atoms with Crippen LogP contribution in [0.5, 0.6) is 11.5 Å². The van der Waals surface area contributed by atoms with Gasteiger partial charge in [0.1, 0.15) is 0 Å². The van der Waals surface area contributed by atoms with Gasteiger partial charge < -0.3 is 15.5 Å². The topological polar surface area (TPSA) is 69.6 Å². The van der Waals surface area contributed by atoms with Crippen molar-refractivity contribution in [3.05, 3.63) is 23.8 Å². The lowest BCUT2D eigenvalue weighted by Gasteiger charge is -2.27. The van der Waals surface area contributed by atoms with Gasteiger partial charge in [0.2, 0.25) is 0 Å². The van der Waals surface area contributed by atoms with Crippen LogP contribution in [-0.2, 0) is 0 Å². The van der Waals surface area contributed by atoms with E-state index < -0.39 is 0 Å². The van der Waals surface area contributed by atoms with E-state index in [4.69, 9.17) is 0 Å². The van der Waals surface area contributed by atoms with Crippen molar-refractivity contribution in [2.45, 2.75) is 39.2 Å². The summed E-state index contributed by atoms with van der Waals surface area (Å²) in [5, 5.41) is 21.6. The molecular formula is C14H19NO3. The Morgan fingerprint density at radius 3 is 2.61 bits per heavy atom. The first-order chi connectivity index (χ1) is 8.40. The van der Waals surface area contributed by atoms with Gasteiger partial charge in [0.15, 0.2) is 11.5 Å². The molecule has 1 atom stereocenters. The zero-order valence-electron chi connectivity index (χ0n) is 10.7. The minimum atomic E-state index is -0.270. The first-order valence-corrected chi connectivity index (χ1v) is 6.23. The van der Waals surface area contributed by atoms with E-state index in [-0.39, 0.29) is 28.9 Å². The molecule has 0 aliphatic heterocycles. The Labute approximate surface area is 107 Å². The lowest BCUT2D eigenvalue weighted by atomic mass is 9.87. The summed E-state index contributed by atoms with van der Waals surface area (Å²) in [6.07, 6.45) is 3.22. The Balaban J connectivity index is 2.10. The van der Waals surface area contributed by atoms with Crippen LogP contribution in [0.2, 0.25) is 0 Å². The summed E-state index contributed by atoms with van der Waals surface area (Å²) in [6.45, 7) is 4.30. The quantitative estimate of drug-likeness (QED) is 0.705. The fourth-order valence-electron chi connectivity index (χ4n) is 2.50. The normalized spacial score (nSPS) is 21.8. The Morgan fingerprint density at radius 2 is 2.06 bits per heavy atom. The molecule has 1 aliphatic rings. The highest BCUT2D eigenvalue weighted by Gasteiger charge is 2.35. The van der Waals surface area contributed by atoms with Gasteiger partial charge in [0.25, 0.3) is 5.91 Å². The number of nitrogens with one attached hydrogen (secondary N) is 1. The van der Waals surface area contributed by atoms with Crippen molar-refractivity contribution >= 4 is 5.91 Å². The van der Waals surface area contributed by atoms with Crippen molar-refractivity contribution in [1.82, 2.24) is 5.32 Å². The van der Waals surface area contributed by atoms with Crippen LogP contribution in [0.15, 0.2) is 18.2 Å². The summed E-state index contributed by atoms with van der Waals surface area (Å²) in [7, 11) is 0. The number of benzene rings is 1. The predicted molar refractivity (Wildman–Crippen MR) is 68.7 cm³/mol. The Hall–Kier alpha value is -1.71. The van der Waals surface area contributed by atoms with Crippen molar-refractivity contribution in [3.8, 4) is 11.5 Å². The van der Waals surface area contributed by atoms with E-state index in [2.05, 4.69) is 19.2 Å². The molecule has 1 saturated carbocycles. The van der Waals surface area contributed by atoms with Gasteiger partial charge in [-0.25, -0.2) is 0 Å². The molecule has 0 radical (unpaired) electrons. The number of hydrogen-bond donors (Lipinski definition) is 3. The Kier molecular flexibility index (Phi) is 3.20. The fourth-order valence-corrected chi connectivity index (χ4v) is 2.50. The van der Waals surface area contributed by atoms with Crippen LogP contribution in [0.1, 0.15) is 43.5 Å². The third kappa shape index (κ3) is 2.42. The van der Waals surface area contributed by atoms with Gasteiger partial charge in [0.05, 0.1) is 0 Å². The standard InChI is InChI=1S/C14H19NO3/c1-14(2)7-3-4-12(14)15-13(18)9-5-6-10(16)11(17)8-9/h5-6,8,12,16-17H,3-4,7H2,1-2H3,(H,15,18). The number of amides is 1. The average Bonchev–Trinajstić information content (AvgIpc) is 2.62. The Bertz CT molecular complexity index is 468. The molecule has 0 spiro atoms. The van der Waals surface area contributed by atoms with Crippen LogP contribution < -0.4 is 5.32 Å². The molecule has 4 nitrogen and oxygen atoms in total. The van der Waals surface area contributed by atoms with Gasteiger partial charge in [-0.2, -0.15) is 0 Å². The lowest BCUT2D eigenvalue weighted by Crippen LogP contribution is -2.41. The number of carbonyl (C=O) groups is 1. The van der Waals surface area contributed by atoms with Crippen molar-refractivity contribution in [3.63, 3.8) is 0 Å². The molecule has 1 fully saturated rings. The summed E-state index contributed by atoms with van der Waals surface area (Å²) >= 11 is 0. The maximum atomic E-state index is 12.0.